The predicted molar refractivity (Wildman–Crippen MR) is 86.2 cm³/mol. The maximum atomic E-state index is 12.4. The number of hydrogen-bond donors (Lipinski definition) is 0. The monoisotopic (exact) mass is 298 g/mol. The zero-order valence-corrected chi connectivity index (χ0v) is 13.9. The van der Waals surface area contributed by atoms with Gasteiger partial charge in [-0.1, -0.05) is 38.0 Å². The fourth-order valence-electron chi connectivity index (χ4n) is 5.96. The van der Waals surface area contributed by atoms with Crippen molar-refractivity contribution < 1.29 is 9.59 Å². The highest BCUT2D eigenvalue weighted by atomic mass is 16.1. The van der Waals surface area contributed by atoms with Crippen LogP contribution in [0.5, 0.6) is 0 Å². The minimum atomic E-state index is -0.121. The first kappa shape index (κ1) is 14.4. The van der Waals surface area contributed by atoms with E-state index in [4.69, 9.17) is 0 Å². The van der Waals surface area contributed by atoms with Crippen LogP contribution in [0.4, 0.5) is 0 Å². The minimum Gasteiger partial charge on any atom is -0.299 e. The van der Waals surface area contributed by atoms with E-state index in [1.54, 1.807) is 5.57 Å². The second kappa shape index (κ2) is 4.43. The fourth-order valence-corrected chi connectivity index (χ4v) is 5.96. The molecule has 0 aliphatic heterocycles. The molecule has 0 N–H and O–H groups in total. The summed E-state index contributed by atoms with van der Waals surface area (Å²) in [4.78, 5) is 24.3. The normalized spacial score (nSPS) is 47.3. The van der Waals surface area contributed by atoms with Gasteiger partial charge >= 0.3 is 0 Å². The Hall–Kier alpha value is -1.18. The van der Waals surface area contributed by atoms with Gasteiger partial charge in [0, 0.05) is 23.7 Å². The van der Waals surface area contributed by atoms with Crippen molar-refractivity contribution in [1.82, 2.24) is 0 Å². The third-order valence-corrected chi connectivity index (χ3v) is 7.38. The quantitative estimate of drug-likeness (QED) is 0.626. The van der Waals surface area contributed by atoms with E-state index in [1.165, 1.54) is 5.57 Å². The molecule has 0 aromatic carbocycles. The average molecular weight is 298 g/mol. The van der Waals surface area contributed by atoms with E-state index in [9.17, 15) is 9.59 Å². The first-order valence-electron chi connectivity index (χ1n) is 8.84. The number of hydrogen-bond acceptors (Lipinski definition) is 2. The molecule has 5 atom stereocenters. The molecule has 118 valence electrons. The van der Waals surface area contributed by atoms with Gasteiger partial charge in [0.05, 0.1) is 0 Å². The number of carbonyl (C=O) groups excluding carboxylic acids is 2. The summed E-state index contributed by atoms with van der Waals surface area (Å²) >= 11 is 0. The van der Waals surface area contributed by atoms with Crippen molar-refractivity contribution in [2.45, 2.75) is 59.3 Å². The largest absolute Gasteiger partial charge is 0.299 e. The fraction of sp³-hybridized carbons (Fsp3) is 0.700. The van der Waals surface area contributed by atoms with E-state index in [0.717, 1.165) is 32.1 Å². The second-order valence-corrected chi connectivity index (χ2v) is 8.52. The zero-order chi connectivity index (χ0) is 15.7. The van der Waals surface area contributed by atoms with Crippen LogP contribution in [0.1, 0.15) is 59.3 Å². The lowest BCUT2D eigenvalue weighted by molar-refractivity contribution is -0.127. The molecule has 2 heteroatoms. The molecule has 0 amide bonds. The molecule has 4 aliphatic carbocycles. The summed E-state index contributed by atoms with van der Waals surface area (Å²) in [6.07, 6.45) is 9.74. The van der Waals surface area contributed by atoms with Crippen molar-refractivity contribution in [1.29, 1.82) is 0 Å². The molecule has 0 aromatic rings. The zero-order valence-electron chi connectivity index (χ0n) is 13.9. The van der Waals surface area contributed by atoms with E-state index < -0.39 is 0 Å². The van der Waals surface area contributed by atoms with Crippen molar-refractivity contribution in [3.8, 4) is 0 Å². The number of Topliss-reactive ketones (excluding diaryl/α,β-unsaturated/α-hetero) is 1. The Labute approximate surface area is 133 Å². The third kappa shape index (κ3) is 1.67. The van der Waals surface area contributed by atoms with Gasteiger partial charge in [-0.15, -0.1) is 0 Å². The first-order valence-corrected chi connectivity index (χ1v) is 8.84. The molecule has 22 heavy (non-hydrogen) atoms. The maximum absolute atomic E-state index is 12.4. The Morgan fingerprint density at radius 2 is 1.95 bits per heavy atom. The third-order valence-electron chi connectivity index (χ3n) is 7.38. The number of fused-ring (bicyclic) bond motifs is 5. The van der Waals surface area contributed by atoms with Gasteiger partial charge in [-0.3, -0.25) is 9.59 Å². The SMILES string of the molecule is C[C@@H]1CC2=CC(=O)CC[C@]2(C)C2=CC[C@]3(C)C(=O)CC[C@H]3[C@@H]21. The number of rotatable bonds is 0. The summed E-state index contributed by atoms with van der Waals surface area (Å²) in [5.74, 6) is 2.39. The molecular formula is C20H26O2. The molecular weight excluding hydrogens is 272 g/mol. The summed E-state index contributed by atoms with van der Waals surface area (Å²) in [6, 6.07) is 0. The van der Waals surface area contributed by atoms with Crippen LogP contribution >= 0.6 is 0 Å². The van der Waals surface area contributed by atoms with Gasteiger partial charge in [0.1, 0.15) is 5.78 Å². The van der Waals surface area contributed by atoms with Crippen LogP contribution in [0.2, 0.25) is 0 Å². The van der Waals surface area contributed by atoms with Gasteiger partial charge in [0.15, 0.2) is 5.78 Å². The number of ketones is 2. The first-order chi connectivity index (χ1) is 10.4. The van der Waals surface area contributed by atoms with Crippen LogP contribution in [0.3, 0.4) is 0 Å². The van der Waals surface area contributed by atoms with E-state index in [2.05, 4.69) is 26.8 Å². The molecule has 0 aromatic heterocycles. The molecule has 0 saturated heterocycles. The van der Waals surface area contributed by atoms with Gasteiger partial charge in [0.2, 0.25) is 0 Å². The molecule has 2 fully saturated rings. The molecule has 2 saturated carbocycles. The minimum absolute atomic E-state index is 0.0814. The Morgan fingerprint density at radius 3 is 2.73 bits per heavy atom. The van der Waals surface area contributed by atoms with E-state index in [1.807, 2.05) is 6.08 Å². The van der Waals surface area contributed by atoms with Crippen LogP contribution in [0, 0.1) is 28.6 Å². The summed E-state index contributed by atoms with van der Waals surface area (Å²) < 4.78 is 0. The Morgan fingerprint density at radius 1 is 1.18 bits per heavy atom. The van der Waals surface area contributed by atoms with Crippen LogP contribution < -0.4 is 0 Å². The van der Waals surface area contributed by atoms with Gasteiger partial charge in [-0.2, -0.15) is 0 Å². The van der Waals surface area contributed by atoms with Gasteiger partial charge in [-0.25, -0.2) is 0 Å². The summed E-state index contributed by atoms with van der Waals surface area (Å²) in [7, 11) is 0. The topological polar surface area (TPSA) is 34.1 Å². The standard InChI is InChI=1S/C20H26O2/c1-12-10-13-11-14(21)6-8-19(13,2)16-7-9-20(3)15(18(12)16)4-5-17(20)22/h7,11-12,15,18H,4-6,8-10H2,1-3H3/t12-,15+,18+,19+,20+/m1/s1. The van der Waals surface area contributed by atoms with E-state index in [-0.39, 0.29) is 10.8 Å². The van der Waals surface area contributed by atoms with Crippen molar-refractivity contribution in [2.75, 3.05) is 0 Å². The molecule has 4 rings (SSSR count). The van der Waals surface area contributed by atoms with Crippen LogP contribution in [-0.2, 0) is 9.59 Å². The van der Waals surface area contributed by atoms with Crippen molar-refractivity contribution in [2.24, 2.45) is 28.6 Å². The highest BCUT2D eigenvalue weighted by Crippen LogP contribution is 2.63. The molecule has 0 unspecified atom stereocenters. The lowest BCUT2D eigenvalue weighted by atomic mass is 9.49. The van der Waals surface area contributed by atoms with Gasteiger partial charge in [-0.05, 0) is 49.5 Å². The van der Waals surface area contributed by atoms with Crippen LogP contribution in [0.15, 0.2) is 23.3 Å². The second-order valence-electron chi connectivity index (χ2n) is 8.52. The van der Waals surface area contributed by atoms with Crippen LogP contribution in [-0.4, -0.2) is 11.6 Å². The summed E-state index contributed by atoms with van der Waals surface area (Å²) in [5, 5.41) is 0. The van der Waals surface area contributed by atoms with E-state index in [0.29, 0.717) is 35.7 Å². The Bertz CT molecular complexity index is 626. The van der Waals surface area contributed by atoms with Crippen molar-refractivity contribution >= 4 is 11.6 Å². The summed E-state index contributed by atoms with van der Waals surface area (Å²) in [6.45, 7) is 6.87. The Balaban J connectivity index is 1.83. The molecule has 4 aliphatic rings. The molecule has 0 heterocycles. The Kier molecular flexibility index (Phi) is 2.90. The maximum Gasteiger partial charge on any atom is 0.155 e. The van der Waals surface area contributed by atoms with Crippen molar-refractivity contribution in [3.63, 3.8) is 0 Å². The summed E-state index contributed by atoms with van der Waals surface area (Å²) in [5.41, 5.74) is 2.87. The molecule has 2 nitrogen and oxygen atoms in total. The lowest BCUT2D eigenvalue weighted by Gasteiger charge is -2.54. The lowest BCUT2D eigenvalue weighted by Crippen LogP contribution is -2.47. The smallest absolute Gasteiger partial charge is 0.155 e. The highest BCUT2D eigenvalue weighted by Gasteiger charge is 2.57. The molecule has 0 radical (unpaired) electrons. The van der Waals surface area contributed by atoms with Crippen LogP contribution in [0.25, 0.3) is 0 Å². The average Bonchev–Trinajstić information content (AvgIpc) is 2.77. The predicted octanol–water partition coefficient (Wildman–Crippen LogP) is 4.25. The molecule has 0 spiro atoms. The van der Waals surface area contributed by atoms with Crippen molar-refractivity contribution in [3.05, 3.63) is 23.3 Å². The highest BCUT2D eigenvalue weighted by molar-refractivity contribution is 5.92. The van der Waals surface area contributed by atoms with Gasteiger partial charge < -0.3 is 0 Å². The number of carbonyl (C=O) groups is 2. The van der Waals surface area contributed by atoms with E-state index >= 15 is 0 Å². The molecule has 0 bridgehead atoms. The van der Waals surface area contributed by atoms with Gasteiger partial charge in [0.25, 0.3) is 0 Å². The number of allylic oxidation sites excluding steroid dienone is 4.